The molecule has 41 heavy (non-hydrogen) atoms. The SMILES string of the molecule is CCOc1cc(C=NNC(=O)CCCOc2ccc(Cl)cc2Cl)ccc1OC(=O)c1cc(OC)c(OC)c(OC)c1. The predicted octanol–water partition coefficient (Wildman–Crippen LogP) is 5.95. The van der Waals surface area contributed by atoms with Gasteiger partial charge in [-0.3, -0.25) is 4.79 Å². The summed E-state index contributed by atoms with van der Waals surface area (Å²) in [7, 11) is 4.38. The van der Waals surface area contributed by atoms with Crippen LogP contribution in [0.5, 0.6) is 34.5 Å². The summed E-state index contributed by atoms with van der Waals surface area (Å²) in [5.74, 6) is 1.07. The van der Waals surface area contributed by atoms with Gasteiger partial charge in [-0.15, -0.1) is 0 Å². The Morgan fingerprint density at radius 1 is 0.854 bits per heavy atom. The summed E-state index contributed by atoms with van der Waals surface area (Å²) in [6, 6.07) is 12.8. The van der Waals surface area contributed by atoms with E-state index in [9.17, 15) is 9.59 Å². The van der Waals surface area contributed by atoms with E-state index in [0.717, 1.165) is 0 Å². The summed E-state index contributed by atoms with van der Waals surface area (Å²) in [6.07, 6.45) is 2.11. The Morgan fingerprint density at radius 3 is 2.20 bits per heavy atom. The second-order valence-corrected chi connectivity index (χ2v) is 9.11. The van der Waals surface area contributed by atoms with Gasteiger partial charge in [-0.05, 0) is 67.4 Å². The molecule has 1 amide bonds. The van der Waals surface area contributed by atoms with E-state index >= 15 is 0 Å². The second-order valence-electron chi connectivity index (χ2n) is 8.26. The molecule has 0 saturated carbocycles. The van der Waals surface area contributed by atoms with Crippen LogP contribution in [-0.4, -0.2) is 52.6 Å². The monoisotopic (exact) mass is 604 g/mol. The molecule has 12 heteroatoms. The van der Waals surface area contributed by atoms with Crippen molar-refractivity contribution in [2.75, 3.05) is 34.5 Å². The first-order chi connectivity index (χ1) is 19.8. The molecule has 0 spiro atoms. The average Bonchev–Trinajstić information content (AvgIpc) is 2.96. The fourth-order valence-electron chi connectivity index (χ4n) is 3.56. The molecule has 218 valence electrons. The molecule has 3 aromatic rings. The lowest BCUT2D eigenvalue weighted by molar-refractivity contribution is -0.121. The third-order valence-electron chi connectivity index (χ3n) is 5.47. The number of rotatable bonds is 14. The molecule has 0 atom stereocenters. The van der Waals surface area contributed by atoms with Crippen LogP contribution in [0.25, 0.3) is 0 Å². The molecule has 0 aromatic heterocycles. The van der Waals surface area contributed by atoms with Crippen molar-refractivity contribution >= 4 is 41.3 Å². The van der Waals surface area contributed by atoms with Gasteiger partial charge in [-0.1, -0.05) is 23.2 Å². The number of hydrogen-bond acceptors (Lipinski definition) is 9. The van der Waals surface area contributed by atoms with E-state index in [0.29, 0.717) is 64.0 Å². The number of nitrogens with one attached hydrogen (secondary N) is 1. The molecule has 3 aromatic carbocycles. The number of carbonyl (C=O) groups excluding carboxylic acids is 2. The Balaban J connectivity index is 1.58. The molecule has 3 rings (SSSR count). The number of methoxy groups -OCH3 is 3. The van der Waals surface area contributed by atoms with Crippen molar-refractivity contribution in [3.8, 4) is 34.5 Å². The maximum absolute atomic E-state index is 12.9. The van der Waals surface area contributed by atoms with Crippen LogP contribution in [-0.2, 0) is 4.79 Å². The number of nitrogens with zero attached hydrogens (tertiary/aromatic N) is 1. The highest BCUT2D eigenvalue weighted by Gasteiger charge is 2.20. The van der Waals surface area contributed by atoms with E-state index in [4.69, 9.17) is 51.6 Å². The maximum atomic E-state index is 12.9. The smallest absolute Gasteiger partial charge is 0.343 e. The Hall–Kier alpha value is -4.15. The Morgan fingerprint density at radius 2 is 1.56 bits per heavy atom. The summed E-state index contributed by atoms with van der Waals surface area (Å²) in [5, 5.41) is 4.91. The first-order valence-electron chi connectivity index (χ1n) is 12.5. The normalized spacial score (nSPS) is 10.7. The number of benzene rings is 3. The molecule has 0 aliphatic rings. The third kappa shape index (κ3) is 8.92. The van der Waals surface area contributed by atoms with Crippen LogP contribution < -0.4 is 33.8 Å². The molecule has 10 nitrogen and oxygen atoms in total. The minimum Gasteiger partial charge on any atom is -0.493 e. The third-order valence-corrected chi connectivity index (χ3v) is 6.00. The van der Waals surface area contributed by atoms with Crippen molar-refractivity contribution in [2.24, 2.45) is 5.10 Å². The lowest BCUT2D eigenvalue weighted by Gasteiger charge is -2.15. The first-order valence-corrected chi connectivity index (χ1v) is 13.2. The quantitative estimate of drug-likeness (QED) is 0.0789. The minimum atomic E-state index is -0.652. The summed E-state index contributed by atoms with van der Waals surface area (Å²) in [4.78, 5) is 25.1. The molecule has 0 heterocycles. The van der Waals surface area contributed by atoms with Crippen molar-refractivity contribution in [3.63, 3.8) is 0 Å². The molecule has 1 N–H and O–H groups in total. The van der Waals surface area contributed by atoms with Gasteiger partial charge in [0.2, 0.25) is 11.7 Å². The predicted molar refractivity (Wildman–Crippen MR) is 156 cm³/mol. The van der Waals surface area contributed by atoms with Gasteiger partial charge in [0.25, 0.3) is 0 Å². The van der Waals surface area contributed by atoms with Crippen molar-refractivity contribution < 1.29 is 38.0 Å². The molecule has 0 aliphatic carbocycles. The van der Waals surface area contributed by atoms with Crippen molar-refractivity contribution in [1.82, 2.24) is 5.43 Å². The fraction of sp³-hybridized carbons (Fsp3) is 0.276. The summed E-state index contributed by atoms with van der Waals surface area (Å²) >= 11 is 11.9. The zero-order valence-corrected chi connectivity index (χ0v) is 24.5. The van der Waals surface area contributed by atoms with Gasteiger partial charge < -0.3 is 28.4 Å². The lowest BCUT2D eigenvalue weighted by atomic mass is 10.1. The summed E-state index contributed by atoms with van der Waals surface area (Å²) in [6.45, 7) is 2.43. The minimum absolute atomic E-state index is 0.192. The number of hydrogen-bond donors (Lipinski definition) is 1. The van der Waals surface area contributed by atoms with E-state index in [1.165, 1.54) is 39.7 Å². The van der Waals surface area contributed by atoms with Gasteiger partial charge in [-0.2, -0.15) is 5.10 Å². The van der Waals surface area contributed by atoms with E-state index < -0.39 is 5.97 Å². The van der Waals surface area contributed by atoms with Crippen LogP contribution in [0.3, 0.4) is 0 Å². The van der Waals surface area contributed by atoms with Gasteiger partial charge in [0.15, 0.2) is 23.0 Å². The van der Waals surface area contributed by atoms with Gasteiger partial charge in [0, 0.05) is 11.4 Å². The highest BCUT2D eigenvalue weighted by molar-refractivity contribution is 6.35. The van der Waals surface area contributed by atoms with Crippen LogP contribution in [0.1, 0.15) is 35.7 Å². The van der Waals surface area contributed by atoms with Crippen molar-refractivity contribution in [2.45, 2.75) is 19.8 Å². The number of carbonyl (C=O) groups is 2. The molecular formula is C29H30Cl2N2O8. The Kier molecular flexibility index (Phi) is 11.9. The molecular weight excluding hydrogens is 575 g/mol. The topological polar surface area (TPSA) is 114 Å². The summed E-state index contributed by atoms with van der Waals surface area (Å²) in [5.41, 5.74) is 3.28. The van der Waals surface area contributed by atoms with E-state index in [-0.39, 0.29) is 23.6 Å². The van der Waals surface area contributed by atoms with Crippen LogP contribution in [0, 0.1) is 0 Å². The number of ether oxygens (including phenoxy) is 6. The summed E-state index contributed by atoms with van der Waals surface area (Å²) < 4.78 is 32.7. The molecule has 0 saturated heterocycles. The number of hydrazone groups is 1. The van der Waals surface area contributed by atoms with Crippen LogP contribution in [0.15, 0.2) is 53.6 Å². The zero-order chi connectivity index (χ0) is 29.8. The second kappa shape index (κ2) is 15.6. The molecule has 0 unspecified atom stereocenters. The fourth-order valence-corrected chi connectivity index (χ4v) is 4.02. The first kappa shape index (κ1) is 31.4. The Labute approximate surface area is 248 Å². The largest absolute Gasteiger partial charge is 0.493 e. The molecule has 0 aliphatic heterocycles. The van der Waals surface area contributed by atoms with Gasteiger partial charge >= 0.3 is 5.97 Å². The maximum Gasteiger partial charge on any atom is 0.343 e. The van der Waals surface area contributed by atoms with Gasteiger partial charge in [0.1, 0.15) is 5.75 Å². The van der Waals surface area contributed by atoms with Crippen LogP contribution in [0.4, 0.5) is 0 Å². The zero-order valence-electron chi connectivity index (χ0n) is 23.0. The highest BCUT2D eigenvalue weighted by Crippen LogP contribution is 2.39. The van der Waals surface area contributed by atoms with Crippen molar-refractivity contribution in [1.29, 1.82) is 0 Å². The average molecular weight is 605 g/mol. The van der Waals surface area contributed by atoms with E-state index in [1.807, 2.05) is 0 Å². The van der Waals surface area contributed by atoms with Gasteiger partial charge in [-0.25, -0.2) is 10.2 Å². The standard InChI is InChI=1S/C29H30Cl2N2O8/c1-5-39-24-13-18(17-32-33-27(34)7-6-12-40-22-11-9-20(30)16-21(22)31)8-10-23(24)41-29(35)19-14-25(36-2)28(38-4)26(15-19)37-3/h8-11,13-17H,5-7,12H2,1-4H3,(H,33,34). The van der Waals surface area contributed by atoms with Crippen LogP contribution in [0.2, 0.25) is 10.0 Å². The van der Waals surface area contributed by atoms with E-state index in [1.54, 1.807) is 43.3 Å². The lowest BCUT2D eigenvalue weighted by Crippen LogP contribution is -2.18. The van der Waals surface area contributed by atoms with Gasteiger partial charge in [0.05, 0.1) is 51.3 Å². The van der Waals surface area contributed by atoms with Crippen LogP contribution >= 0.6 is 23.2 Å². The number of halogens is 2. The number of amides is 1. The Bertz CT molecular complexity index is 1370. The highest BCUT2D eigenvalue weighted by atomic mass is 35.5. The molecule has 0 fully saturated rings. The van der Waals surface area contributed by atoms with E-state index in [2.05, 4.69) is 10.5 Å². The molecule has 0 radical (unpaired) electrons. The van der Waals surface area contributed by atoms with Crippen molar-refractivity contribution in [3.05, 3.63) is 69.7 Å². The number of esters is 1. The molecule has 0 bridgehead atoms.